The van der Waals surface area contributed by atoms with Gasteiger partial charge in [0, 0.05) is 11.7 Å². The summed E-state index contributed by atoms with van der Waals surface area (Å²) in [4.78, 5) is 5.04. The number of hydrogen-bond acceptors (Lipinski definition) is 3. The van der Waals surface area contributed by atoms with Gasteiger partial charge in [-0.05, 0) is 6.92 Å². The van der Waals surface area contributed by atoms with Gasteiger partial charge in [-0.2, -0.15) is 0 Å². The molecule has 0 aromatic rings. The monoisotopic (exact) mass is 202 g/mol. The van der Waals surface area contributed by atoms with Crippen LogP contribution in [0.2, 0.25) is 0 Å². The van der Waals surface area contributed by atoms with Gasteiger partial charge in [0.05, 0.1) is 5.04 Å². The Morgan fingerprint density at radius 2 is 2.33 bits per heavy atom. The number of hydrogen-bond donors (Lipinski definition) is 1. The third-order valence-electron chi connectivity index (χ3n) is 1.88. The average molecular weight is 202 g/mol. The van der Waals surface area contributed by atoms with Crippen molar-refractivity contribution in [3.63, 3.8) is 0 Å². The molecule has 4 heteroatoms. The van der Waals surface area contributed by atoms with Crippen molar-refractivity contribution in [1.82, 2.24) is 0 Å². The van der Waals surface area contributed by atoms with Gasteiger partial charge in [0.25, 0.3) is 0 Å². The minimum Gasteiger partial charge on any atom is -0.391 e. The van der Waals surface area contributed by atoms with E-state index in [1.165, 1.54) is 5.04 Å². The van der Waals surface area contributed by atoms with Crippen LogP contribution in [-0.4, -0.2) is 21.3 Å². The first-order valence-corrected chi connectivity index (χ1v) is 5.37. The summed E-state index contributed by atoms with van der Waals surface area (Å²) in [6.45, 7) is 6.27. The van der Waals surface area contributed by atoms with Crippen LogP contribution in [0.15, 0.2) is 4.99 Å². The number of nitrogens with two attached hydrogens (primary N) is 1. The highest BCUT2D eigenvalue weighted by Crippen LogP contribution is 2.30. The van der Waals surface area contributed by atoms with Crippen LogP contribution in [0.4, 0.5) is 0 Å². The van der Waals surface area contributed by atoms with Crippen molar-refractivity contribution in [3.05, 3.63) is 0 Å². The van der Waals surface area contributed by atoms with Crippen LogP contribution in [0.1, 0.15) is 20.8 Å². The maximum absolute atomic E-state index is 5.61. The summed E-state index contributed by atoms with van der Waals surface area (Å²) in [5, 5.41) is 1.17. The van der Waals surface area contributed by atoms with Crippen LogP contribution >= 0.6 is 24.0 Å². The zero-order chi connectivity index (χ0) is 9.35. The summed E-state index contributed by atoms with van der Waals surface area (Å²) >= 11 is 6.73. The fraction of sp³-hybridized carbons (Fsp3) is 0.750. The molecule has 2 N–H and O–H groups in total. The molecular formula is C8H14N2S2. The van der Waals surface area contributed by atoms with Crippen LogP contribution in [-0.2, 0) is 0 Å². The predicted octanol–water partition coefficient (Wildman–Crippen LogP) is 1.83. The molecule has 0 saturated carbocycles. The Balaban J connectivity index is 2.82. The van der Waals surface area contributed by atoms with E-state index in [0.29, 0.717) is 10.9 Å². The van der Waals surface area contributed by atoms with E-state index in [2.05, 4.69) is 18.8 Å². The molecule has 0 aliphatic carbocycles. The lowest BCUT2D eigenvalue weighted by Gasteiger charge is -2.16. The van der Waals surface area contributed by atoms with Crippen molar-refractivity contribution in [2.45, 2.75) is 26.3 Å². The van der Waals surface area contributed by atoms with Crippen LogP contribution in [0, 0.1) is 5.92 Å². The minimum absolute atomic E-state index is 0.292. The standard InChI is InChI=1S/C8H14N2S2/c1-5(2)6-10-8(3,4-12-6)7(9)11/h5H,4H2,1-3H3,(H2,9,11)/t8-/m0/s1. The van der Waals surface area contributed by atoms with Crippen molar-refractivity contribution in [2.75, 3.05) is 5.75 Å². The fourth-order valence-corrected chi connectivity index (χ4v) is 2.40. The fourth-order valence-electron chi connectivity index (χ4n) is 0.944. The van der Waals surface area contributed by atoms with E-state index in [1.54, 1.807) is 11.8 Å². The Morgan fingerprint density at radius 3 is 2.58 bits per heavy atom. The highest BCUT2D eigenvalue weighted by Gasteiger charge is 2.34. The quantitative estimate of drug-likeness (QED) is 0.694. The third kappa shape index (κ3) is 1.80. The highest BCUT2D eigenvalue weighted by atomic mass is 32.2. The van der Waals surface area contributed by atoms with Gasteiger partial charge in [0.15, 0.2) is 0 Å². The number of rotatable bonds is 2. The van der Waals surface area contributed by atoms with Gasteiger partial charge in [0.2, 0.25) is 0 Å². The smallest absolute Gasteiger partial charge is 0.118 e. The van der Waals surface area contributed by atoms with Gasteiger partial charge < -0.3 is 5.73 Å². The van der Waals surface area contributed by atoms with Crippen molar-refractivity contribution in [1.29, 1.82) is 0 Å². The summed E-state index contributed by atoms with van der Waals surface area (Å²) in [5.41, 5.74) is 5.31. The highest BCUT2D eigenvalue weighted by molar-refractivity contribution is 8.14. The topological polar surface area (TPSA) is 38.4 Å². The summed E-state index contributed by atoms with van der Waals surface area (Å²) in [7, 11) is 0. The van der Waals surface area contributed by atoms with Crippen molar-refractivity contribution in [2.24, 2.45) is 16.6 Å². The molecule has 2 nitrogen and oxygen atoms in total. The Kier molecular flexibility index (Phi) is 2.78. The van der Waals surface area contributed by atoms with Crippen molar-refractivity contribution in [3.8, 4) is 0 Å². The summed E-state index contributed by atoms with van der Waals surface area (Å²) < 4.78 is 0. The van der Waals surface area contributed by atoms with Crippen LogP contribution in [0.25, 0.3) is 0 Å². The zero-order valence-corrected chi connectivity index (χ0v) is 9.26. The van der Waals surface area contributed by atoms with Crippen LogP contribution in [0.5, 0.6) is 0 Å². The number of aliphatic imine (C=N–C) groups is 1. The molecule has 1 rings (SSSR count). The molecule has 0 aromatic heterocycles. The Bertz CT molecular complexity index is 235. The minimum atomic E-state index is -0.292. The van der Waals surface area contributed by atoms with Crippen LogP contribution in [0.3, 0.4) is 0 Å². The maximum Gasteiger partial charge on any atom is 0.118 e. The SMILES string of the molecule is CC(C)C1=N[C@](C)(C(N)=S)CS1. The molecular weight excluding hydrogens is 188 g/mol. The van der Waals surface area contributed by atoms with E-state index in [-0.39, 0.29) is 5.54 Å². The van der Waals surface area contributed by atoms with Gasteiger partial charge in [-0.15, -0.1) is 11.8 Å². The maximum atomic E-state index is 5.61. The Labute approximate surface area is 83.0 Å². The van der Waals surface area contributed by atoms with Gasteiger partial charge in [-0.1, -0.05) is 26.1 Å². The van der Waals surface area contributed by atoms with Gasteiger partial charge in [0.1, 0.15) is 10.5 Å². The van der Waals surface area contributed by atoms with Crippen molar-refractivity contribution < 1.29 is 0 Å². The molecule has 0 amide bonds. The molecule has 0 radical (unpaired) electrons. The van der Waals surface area contributed by atoms with Gasteiger partial charge >= 0.3 is 0 Å². The summed E-state index contributed by atoms with van der Waals surface area (Å²) in [6.07, 6.45) is 0. The Morgan fingerprint density at radius 1 is 1.75 bits per heavy atom. The Hall–Kier alpha value is -0.0900. The molecule has 0 unspecified atom stereocenters. The first kappa shape index (κ1) is 9.99. The van der Waals surface area contributed by atoms with Crippen molar-refractivity contribution >= 4 is 34.0 Å². The normalized spacial score (nSPS) is 29.2. The van der Waals surface area contributed by atoms with Gasteiger partial charge in [-0.3, -0.25) is 4.99 Å². The molecule has 1 aliphatic rings. The number of thioether (sulfide) groups is 1. The second-order valence-corrected chi connectivity index (χ2v) is 4.97. The number of thiocarbonyl (C=S) groups is 1. The van der Waals surface area contributed by atoms with E-state index >= 15 is 0 Å². The average Bonchev–Trinajstić information content (AvgIpc) is 2.33. The van der Waals surface area contributed by atoms with Crippen LogP contribution < -0.4 is 5.73 Å². The largest absolute Gasteiger partial charge is 0.391 e. The summed E-state index contributed by atoms with van der Waals surface area (Å²) in [6, 6.07) is 0. The number of nitrogens with zero attached hydrogens (tertiary/aromatic N) is 1. The second-order valence-electron chi connectivity index (χ2n) is 3.53. The molecule has 1 atom stereocenters. The first-order chi connectivity index (χ1) is 5.46. The lowest BCUT2D eigenvalue weighted by Crippen LogP contribution is -2.38. The first-order valence-electron chi connectivity index (χ1n) is 3.98. The molecule has 1 aliphatic heterocycles. The molecule has 0 spiro atoms. The van der Waals surface area contributed by atoms with E-state index in [4.69, 9.17) is 18.0 Å². The molecule has 0 saturated heterocycles. The molecule has 12 heavy (non-hydrogen) atoms. The predicted molar refractivity (Wildman–Crippen MR) is 59.9 cm³/mol. The molecule has 0 fully saturated rings. The van der Waals surface area contributed by atoms with E-state index in [1.807, 2.05) is 6.92 Å². The van der Waals surface area contributed by atoms with E-state index in [0.717, 1.165) is 5.75 Å². The third-order valence-corrected chi connectivity index (χ3v) is 3.89. The van der Waals surface area contributed by atoms with E-state index < -0.39 is 0 Å². The summed E-state index contributed by atoms with van der Waals surface area (Å²) in [5.74, 6) is 1.39. The zero-order valence-electron chi connectivity index (χ0n) is 7.63. The molecule has 68 valence electrons. The molecule has 0 bridgehead atoms. The van der Waals surface area contributed by atoms with E-state index in [9.17, 15) is 0 Å². The lowest BCUT2D eigenvalue weighted by molar-refractivity contribution is 0.722. The van der Waals surface area contributed by atoms with Gasteiger partial charge in [-0.25, -0.2) is 0 Å². The molecule has 0 aromatic carbocycles. The molecule has 1 heterocycles. The lowest BCUT2D eigenvalue weighted by atomic mass is 10.1. The second kappa shape index (κ2) is 3.34.